The van der Waals surface area contributed by atoms with Crippen LogP contribution in [0.25, 0.3) is 0 Å². The summed E-state index contributed by atoms with van der Waals surface area (Å²) in [6, 6.07) is 2.15. The van der Waals surface area contributed by atoms with Crippen LogP contribution < -0.4 is 5.73 Å². The van der Waals surface area contributed by atoms with Crippen LogP contribution in [0.1, 0.15) is 18.4 Å². The van der Waals surface area contributed by atoms with Crippen LogP contribution in [0.15, 0.2) is 35.0 Å². The average molecular weight is 249 g/mol. The van der Waals surface area contributed by atoms with Gasteiger partial charge in [-0.05, 0) is 32.5 Å². The minimum atomic E-state index is 0.279. The predicted octanol–water partition coefficient (Wildman–Crippen LogP) is 1.56. The SMILES string of the molecule is CN1CCC[C@H]1CO/C(N)=C/C(=N)c1ccoc1. The Kier molecular flexibility index (Phi) is 4.04. The number of nitrogens with zero attached hydrogens (tertiary/aromatic N) is 1. The molecule has 0 bridgehead atoms. The Labute approximate surface area is 107 Å². The van der Waals surface area contributed by atoms with E-state index in [0.29, 0.717) is 23.9 Å². The molecule has 1 aromatic heterocycles. The number of nitrogens with one attached hydrogen (secondary N) is 1. The molecule has 1 atom stereocenters. The molecule has 2 heterocycles. The molecule has 1 saturated heterocycles. The second kappa shape index (κ2) is 5.73. The van der Waals surface area contributed by atoms with Crippen LogP contribution in [0, 0.1) is 5.41 Å². The first kappa shape index (κ1) is 12.7. The minimum Gasteiger partial charge on any atom is -0.478 e. The van der Waals surface area contributed by atoms with Gasteiger partial charge in [0.2, 0.25) is 0 Å². The van der Waals surface area contributed by atoms with Crippen LogP contribution in [0.5, 0.6) is 0 Å². The van der Waals surface area contributed by atoms with Crippen molar-refractivity contribution in [3.63, 3.8) is 0 Å². The highest BCUT2D eigenvalue weighted by atomic mass is 16.5. The Balaban J connectivity index is 1.84. The third-order valence-electron chi connectivity index (χ3n) is 3.23. The predicted molar refractivity (Wildman–Crippen MR) is 69.4 cm³/mol. The lowest BCUT2D eigenvalue weighted by Gasteiger charge is -2.19. The van der Waals surface area contributed by atoms with E-state index in [1.54, 1.807) is 6.07 Å². The van der Waals surface area contributed by atoms with Gasteiger partial charge in [0.05, 0.1) is 18.2 Å². The highest BCUT2D eigenvalue weighted by molar-refractivity contribution is 6.06. The van der Waals surface area contributed by atoms with Gasteiger partial charge < -0.3 is 19.8 Å². The summed E-state index contributed by atoms with van der Waals surface area (Å²) in [4.78, 5) is 2.27. The van der Waals surface area contributed by atoms with Crippen molar-refractivity contribution in [2.45, 2.75) is 18.9 Å². The minimum absolute atomic E-state index is 0.279. The summed E-state index contributed by atoms with van der Waals surface area (Å²) < 4.78 is 10.4. The van der Waals surface area contributed by atoms with Crippen molar-refractivity contribution < 1.29 is 9.15 Å². The molecule has 1 aromatic rings. The van der Waals surface area contributed by atoms with E-state index in [2.05, 4.69) is 11.9 Å². The quantitative estimate of drug-likeness (QED) is 0.613. The van der Waals surface area contributed by atoms with Gasteiger partial charge in [0.15, 0.2) is 5.88 Å². The van der Waals surface area contributed by atoms with E-state index in [0.717, 1.165) is 13.0 Å². The molecule has 0 unspecified atom stereocenters. The van der Waals surface area contributed by atoms with Crippen LogP contribution in [0.3, 0.4) is 0 Å². The zero-order chi connectivity index (χ0) is 13.0. The molecule has 18 heavy (non-hydrogen) atoms. The molecule has 0 radical (unpaired) electrons. The largest absolute Gasteiger partial charge is 0.478 e. The van der Waals surface area contributed by atoms with Crippen molar-refractivity contribution >= 4 is 5.71 Å². The van der Waals surface area contributed by atoms with Crippen LogP contribution >= 0.6 is 0 Å². The lowest BCUT2D eigenvalue weighted by atomic mass is 10.2. The number of likely N-dealkylation sites (N-methyl/N-ethyl adjacent to an activating group) is 1. The van der Waals surface area contributed by atoms with Crippen molar-refractivity contribution in [2.75, 3.05) is 20.2 Å². The van der Waals surface area contributed by atoms with Crippen LogP contribution in [-0.2, 0) is 4.74 Å². The molecule has 98 valence electrons. The van der Waals surface area contributed by atoms with E-state index in [1.807, 2.05) is 0 Å². The molecule has 5 heteroatoms. The molecule has 0 spiro atoms. The lowest BCUT2D eigenvalue weighted by Crippen LogP contribution is -2.30. The molecular formula is C13H19N3O2. The van der Waals surface area contributed by atoms with Gasteiger partial charge in [0.25, 0.3) is 0 Å². The Bertz CT molecular complexity index is 425. The van der Waals surface area contributed by atoms with E-state index >= 15 is 0 Å². The van der Waals surface area contributed by atoms with Crippen molar-refractivity contribution in [1.82, 2.24) is 4.90 Å². The number of rotatable bonds is 5. The second-order valence-corrected chi connectivity index (χ2v) is 4.56. The number of hydrogen-bond donors (Lipinski definition) is 2. The van der Waals surface area contributed by atoms with Gasteiger partial charge in [-0.3, -0.25) is 5.41 Å². The topological polar surface area (TPSA) is 75.5 Å². The molecule has 0 saturated carbocycles. The molecule has 5 nitrogen and oxygen atoms in total. The summed E-state index contributed by atoms with van der Waals surface area (Å²) in [6.07, 6.45) is 6.90. The van der Waals surface area contributed by atoms with Crippen molar-refractivity contribution in [1.29, 1.82) is 5.41 Å². The molecule has 2 rings (SSSR count). The van der Waals surface area contributed by atoms with Gasteiger partial charge in [0, 0.05) is 17.7 Å². The molecule has 0 aromatic carbocycles. The zero-order valence-corrected chi connectivity index (χ0v) is 10.6. The van der Waals surface area contributed by atoms with Crippen molar-refractivity contribution in [3.8, 4) is 0 Å². The molecule has 1 aliphatic rings. The highest BCUT2D eigenvalue weighted by Crippen LogP contribution is 2.15. The maximum absolute atomic E-state index is 7.80. The third-order valence-corrected chi connectivity index (χ3v) is 3.23. The maximum Gasteiger partial charge on any atom is 0.186 e. The van der Waals surface area contributed by atoms with E-state index in [4.69, 9.17) is 20.3 Å². The Hall–Kier alpha value is -1.75. The fourth-order valence-electron chi connectivity index (χ4n) is 2.07. The van der Waals surface area contributed by atoms with Gasteiger partial charge in [-0.1, -0.05) is 0 Å². The molecular weight excluding hydrogens is 230 g/mol. The van der Waals surface area contributed by atoms with Crippen molar-refractivity contribution in [3.05, 3.63) is 36.1 Å². The molecule has 1 aliphatic heterocycles. The fourth-order valence-corrected chi connectivity index (χ4v) is 2.07. The standard InChI is InChI=1S/C13H19N3O2/c1-16-5-2-3-11(16)9-18-13(15)7-12(14)10-4-6-17-8-10/h4,6-8,11,14H,2-3,5,9,15H2,1H3/b13-7+,14-12?/t11-/m0/s1. The summed E-state index contributed by atoms with van der Waals surface area (Å²) >= 11 is 0. The number of hydrogen-bond acceptors (Lipinski definition) is 5. The van der Waals surface area contributed by atoms with Gasteiger partial charge in [-0.15, -0.1) is 0 Å². The van der Waals surface area contributed by atoms with Crippen LogP contribution in [0.4, 0.5) is 0 Å². The zero-order valence-electron chi connectivity index (χ0n) is 10.6. The van der Waals surface area contributed by atoms with Crippen LogP contribution in [-0.4, -0.2) is 36.9 Å². The van der Waals surface area contributed by atoms with E-state index in [-0.39, 0.29) is 5.88 Å². The van der Waals surface area contributed by atoms with Gasteiger partial charge >= 0.3 is 0 Å². The fraction of sp³-hybridized carbons (Fsp3) is 0.462. The van der Waals surface area contributed by atoms with E-state index in [1.165, 1.54) is 25.0 Å². The van der Waals surface area contributed by atoms with Gasteiger partial charge in [-0.2, -0.15) is 0 Å². The first-order valence-electron chi connectivity index (χ1n) is 6.08. The molecule has 1 fully saturated rings. The number of likely N-dealkylation sites (tertiary alicyclic amines) is 1. The average Bonchev–Trinajstić information content (AvgIpc) is 2.97. The van der Waals surface area contributed by atoms with Crippen molar-refractivity contribution in [2.24, 2.45) is 5.73 Å². The Morgan fingerprint density at radius 3 is 3.17 bits per heavy atom. The normalized spacial score (nSPS) is 21.2. The summed E-state index contributed by atoms with van der Waals surface area (Å²) in [7, 11) is 2.09. The summed E-state index contributed by atoms with van der Waals surface area (Å²) in [6.45, 7) is 1.69. The first-order chi connectivity index (χ1) is 8.66. The number of ether oxygens (including phenoxy) is 1. The Morgan fingerprint density at radius 2 is 2.56 bits per heavy atom. The number of furan rings is 1. The Morgan fingerprint density at radius 1 is 1.72 bits per heavy atom. The summed E-state index contributed by atoms with van der Waals surface area (Å²) in [5.74, 6) is 0.279. The second-order valence-electron chi connectivity index (χ2n) is 4.56. The summed E-state index contributed by atoms with van der Waals surface area (Å²) in [5.41, 5.74) is 6.74. The number of nitrogens with two attached hydrogens (primary N) is 1. The monoisotopic (exact) mass is 249 g/mol. The third kappa shape index (κ3) is 3.13. The summed E-state index contributed by atoms with van der Waals surface area (Å²) in [5, 5.41) is 7.80. The number of allylic oxidation sites excluding steroid dienone is 1. The maximum atomic E-state index is 7.80. The van der Waals surface area contributed by atoms with Gasteiger partial charge in [0.1, 0.15) is 6.61 Å². The van der Waals surface area contributed by atoms with E-state index < -0.39 is 0 Å². The molecule has 3 N–H and O–H groups in total. The van der Waals surface area contributed by atoms with Gasteiger partial charge in [-0.25, -0.2) is 0 Å². The van der Waals surface area contributed by atoms with E-state index in [9.17, 15) is 0 Å². The first-order valence-corrected chi connectivity index (χ1v) is 6.08. The highest BCUT2D eigenvalue weighted by Gasteiger charge is 2.21. The molecule has 0 amide bonds. The smallest absolute Gasteiger partial charge is 0.186 e. The lowest BCUT2D eigenvalue weighted by molar-refractivity contribution is 0.138. The molecule has 0 aliphatic carbocycles. The van der Waals surface area contributed by atoms with Crippen LogP contribution in [0.2, 0.25) is 0 Å².